The van der Waals surface area contributed by atoms with Crippen molar-refractivity contribution in [3.63, 3.8) is 0 Å². The average Bonchev–Trinajstić information content (AvgIpc) is 3.35. The molecule has 31 heavy (non-hydrogen) atoms. The van der Waals surface area contributed by atoms with Crippen molar-refractivity contribution in [1.29, 1.82) is 0 Å². The first-order valence-corrected chi connectivity index (χ1v) is 11.9. The maximum absolute atomic E-state index is 13.5. The normalized spacial score (nSPS) is 20.8. The second-order valence-corrected chi connectivity index (χ2v) is 9.72. The lowest BCUT2D eigenvalue weighted by atomic mass is 9.90. The molecule has 1 unspecified atom stereocenters. The molecule has 0 aliphatic carbocycles. The van der Waals surface area contributed by atoms with Crippen LogP contribution in [0.15, 0.2) is 88.4 Å². The average molecular weight is 439 g/mol. The second-order valence-electron chi connectivity index (χ2n) is 7.83. The molecule has 2 heterocycles. The molecule has 1 aromatic heterocycles. The number of nitrogens with zero attached hydrogens (tertiary/aromatic N) is 1. The Morgan fingerprint density at radius 2 is 1.68 bits per heavy atom. The van der Waals surface area contributed by atoms with Gasteiger partial charge in [0.1, 0.15) is 5.76 Å². The number of sulfonamides is 1. The molecule has 1 aliphatic rings. The Kier molecular flexibility index (Phi) is 6.25. The van der Waals surface area contributed by atoms with E-state index in [-0.39, 0.29) is 29.4 Å². The predicted octanol–water partition coefficient (Wildman–Crippen LogP) is 4.30. The van der Waals surface area contributed by atoms with E-state index < -0.39 is 15.9 Å². The van der Waals surface area contributed by atoms with Gasteiger partial charge in [0.25, 0.3) is 0 Å². The molecule has 2 aromatic carbocycles. The van der Waals surface area contributed by atoms with Crippen LogP contribution in [0.1, 0.15) is 43.2 Å². The van der Waals surface area contributed by atoms with Gasteiger partial charge in [-0.15, -0.1) is 0 Å². The predicted molar refractivity (Wildman–Crippen MR) is 118 cm³/mol. The minimum Gasteiger partial charge on any atom is -0.467 e. The lowest BCUT2D eigenvalue weighted by Crippen LogP contribution is -2.47. The van der Waals surface area contributed by atoms with E-state index in [1.807, 2.05) is 43.3 Å². The summed E-state index contributed by atoms with van der Waals surface area (Å²) < 4.78 is 33.9. The summed E-state index contributed by atoms with van der Waals surface area (Å²) in [6.45, 7) is 1.98. The highest BCUT2D eigenvalue weighted by Crippen LogP contribution is 2.37. The first-order valence-electron chi connectivity index (χ1n) is 10.4. The maximum Gasteiger partial charge on any atom is 0.243 e. The number of amides is 1. The molecule has 0 radical (unpaired) electrons. The zero-order valence-corrected chi connectivity index (χ0v) is 18.2. The molecule has 4 rings (SSSR count). The van der Waals surface area contributed by atoms with Crippen molar-refractivity contribution in [2.45, 2.75) is 36.7 Å². The monoisotopic (exact) mass is 438 g/mol. The van der Waals surface area contributed by atoms with Crippen LogP contribution >= 0.6 is 0 Å². The molecule has 0 bridgehead atoms. The van der Waals surface area contributed by atoms with Gasteiger partial charge in [0.2, 0.25) is 15.9 Å². The number of piperidine rings is 1. The van der Waals surface area contributed by atoms with Crippen LogP contribution in [-0.4, -0.2) is 25.2 Å². The Morgan fingerprint density at radius 1 is 1.00 bits per heavy atom. The molecular weight excluding hydrogens is 412 g/mol. The first kappa shape index (κ1) is 21.3. The van der Waals surface area contributed by atoms with Crippen LogP contribution in [0, 0.1) is 5.92 Å². The van der Waals surface area contributed by atoms with Crippen LogP contribution in [0.2, 0.25) is 0 Å². The molecule has 1 N–H and O–H groups in total. The molecule has 1 saturated heterocycles. The number of hydrogen-bond acceptors (Lipinski definition) is 4. The van der Waals surface area contributed by atoms with E-state index in [9.17, 15) is 13.2 Å². The van der Waals surface area contributed by atoms with Crippen molar-refractivity contribution in [3.05, 3.63) is 90.4 Å². The van der Waals surface area contributed by atoms with Gasteiger partial charge in [-0.1, -0.05) is 48.5 Å². The minimum absolute atomic E-state index is 0.132. The summed E-state index contributed by atoms with van der Waals surface area (Å²) in [6, 6.07) is 21.0. The van der Waals surface area contributed by atoms with Crippen LogP contribution < -0.4 is 5.32 Å². The molecule has 7 heteroatoms. The molecule has 0 spiro atoms. The Bertz CT molecular complexity index is 1100. The number of nitrogens with one attached hydrogen (secondary N) is 1. The van der Waals surface area contributed by atoms with E-state index in [0.29, 0.717) is 18.6 Å². The Hall–Kier alpha value is -2.90. The molecule has 1 fully saturated rings. The fourth-order valence-electron chi connectivity index (χ4n) is 4.09. The van der Waals surface area contributed by atoms with Crippen LogP contribution in [0.5, 0.6) is 0 Å². The molecular formula is C24H26N2O4S. The van der Waals surface area contributed by atoms with E-state index in [1.165, 1.54) is 4.31 Å². The summed E-state index contributed by atoms with van der Waals surface area (Å²) in [5.41, 5.74) is 0.935. The van der Waals surface area contributed by atoms with Gasteiger partial charge in [-0.05, 0) is 49.6 Å². The van der Waals surface area contributed by atoms with Gasteiger partial charge in [-0.3, -0.25) is 4.79 Å². The summed E-state index contributed by atoms with van der Waals surface area (Å²) >= 11 is 0. The quantitative estimate of drug-likeness (QED) is 0.622. The van der Waals surface area contributed by atoms with Gasteiger partial charge in [0, 0.05) is 6.54 Å². The third-order valence-corrected chi connectivity index (χ3v) is 7.66. The van der Waals surface area contributed by atoms with Crippen molar-refractivity contribution < 1.29 is 17.6 Å². The molecule has 3 aromatic rings. The van der Waals surface area contributed by atoms with Crippen LogP contribution in [0.4, 0.5) is 0 Å². The molecule has 3 atom stereocenters. The van der Waals surface area contributed by atoms with Crippen LogP contribution in [0.25, 0.3) is 0 Å². The van der Waals surface area contributed by atoms with Crippen molar-refractivity contribution in [3.8, 4) is 0 Å². The fourth-order valence-corrected chi connectivity index (χ4v) is 5.80. The third-order valence-electron chi connectivity index (χ3n) is 5.77. The Balaban J connectivity index is 1.60. The standard InChI is InChI=1S/C24H26N2O4S/c1-18(23-13-8-16-30-23)25-24(27)20-14-15-22(19-9-4-2-5-10-19)26(17-20)31(28,29)21-11-6-3-7-12-21/h2-13,16,18,20,22H,14-15,17H2,1H3,(H,25,27)/t18?,20-,22-/m1/s1. The number of carbonyl (C=O) groups excluding carboxylic acids is 1. The number of rotatable bonds is 6. The van der Waals surface area contributed by atoms with Crippen molar-refractivity contribution in [2.24, 2.45) is 5.92 Å². The van der Waals surface area contributed by atoms with Crippen LogP contribution in [-0.2, 0) is 14.8 Å². The SMILES string of the molecule is CC(NC(=O)[C@@H]1CC[C@H](c2ccccc2)N(S(=O)(=O)c2ccccc2)C1)c1ccco1. The molecule has 162 valence electrons. The van der Waals surface area contributed by atoms with E-state index in [1.54, 1.807) is 42.7 Å². The van der Waals surface area contributed by atoms with Crippen molar-refractivity contribution in [2.75, 3.05) is 6.54 Å². The van der Waals surface area contributed by atoms with E-state index in [4.69, 9.17) is 4.42 Å². The lowest BCUT2D eigenvalue weighted by Gasteiger charge is -2.38. The lowest BCUT2D eigenvalue weighted by molar-refractivity contribution is -0.127. The van der Waals surface area contributed by atoms with Gasteiger partial charge < -0.3 is 9.73 Å². The van der Waals surface area contributed by atoms with Gasteiger partial charge in [0.05, 0.1) is 29.2 Å². The van der Waals surface area contributed by atoms with E-state index >= 15 is 0 Å². The zero-order valence-electron chi connectivity index (χ0n) is 17.3. The van der Waals surface area contributed by atoms with Gasteiger partial charge in [0.15, 0.2) is 0 Å². The number of hydrogen-bond donors (Lipinski definition) is 1. The highest BCUT2D eigenvalue weighted by molar-refractivity contribution is 7.89. The topological polar surface area (TPSA) is 79.6 Å². The smallest absolute Gasteiger partial charge is 0.243 e. The van der Waals surface area contributed by atoms with Gasteiger partial charge in [-0.25, -0.2) is 8.42 Å². The van der Waals surface area contributed by atoms with Gasteiger partial charge >= 0.3 is 0 Å². The maximum atomic E-state index is 13.5. The molecule has 1 aliphatic heterocycles. The minimum atomic E-state index is -3.76. The van der Waals surface area contributed by atoms with E-state index in [0.717, 1.165) is 5.56 Å². The largest absolute Gasteiger partial charge is 0.467 e. The van der Waals surface area contributed by atoms with Gasteiger partial charge in [-0.2, -0.15) is 4.31 Å². The second kappa shape index (κ2) is 9.08. The first-order chi connectivity index (χ1) is 15.0. The summed E-state index contributed by atoms with van der Waals surface area (Å²) in [5.74, 6) is 0.0691. The molecule has 6 nitrogen and oxygen atoms in total. The van der Waals surface area contributed by atoms with Crippen molar-refractivity contribution in [1.82, 2.24) is 9.62 Å². The Labute approximate surface area is 182 Å². The zero-order chi connectivity index (χ0) is 21.8. The van der Waals surface area contributed by atoms with Crippen molar-refractivity contribution >= 4 is 15.9 Å². The summed E-state index contributed by atoms with van der Waals surface area (Å²) in [7, 11) is -3.76. The summed E-state index contributed by atoms with van der Waals surface area (Å²) in [6.07, 6.45) is 2.75. The summed E-state index contributed by atoms with van der Waals surface area (Å²) in [4.78, 5) is 13.2. The number of benzene rings is 2. The highest BCUT2D eigenvalue weighted by Gasteiger charge is 2.40. The van der Waals surface area contributed by atoms with E-state index in [2.05, 4.69) is 5.32 Å². The fraction of sp³-hybridized carbons (Fsp3) is 0.292. The molecule has 0 saturated carbocycles. The molecule has 1 amide bonds. The number of carbonyl (C=O) groups is 1. The highest BCUT2D eigenvalue weighted by atomic mass is 32.2. The van der Waals surface area contributed by atoms with Crippen LogP contribution in [0.3, 0.4) is 0 Å². The summed E-state index contributed by atoms with van der Waals surface area (Å²) in [5, 5.41) is 2.96. The Morgan fingerprint density at radius 3 is 2.32 bits per heavy atom. The number of furan rings is 1. The third kappa shape index (κ3) is 4.57.